The fourth-order valence-electron chi connectivity index (χ4n) is 3.79. The third-order valence-electron chi connectivity index (χ3n) is 5.09. The number of carbonyl (C=O) groups excluding carboxylic acids is 1. The Morgan fingerprint density at radius 3 is 2.45 bits per heavy atom. The highest BCUT2D eigenvalue weighted by Crippen LogP contribution is 2.31. The molecule has 3 nitrogen and oxygen atoms in total. The fourth-order valence-corrected chi connectivity index (χ4v) is 3.79. The number of rotatable bonds is 3. The number of likely N-dealkylation sites (N-methyl/N-ethyl adjacent to an activating group) is 1. The van der Waals surface area contributed by atoms with E-state index in [0.29, 0.717) is 17.6 Å². The molecular formula is C17H24ClFN2O. The van der Waals surface area contributed by atoms with Gasteiger partial charge in [-0.3, -0.25) is 4.79 Å². The van der Waals surface area contributed by atoms with Crippen LogP contribution in [0.1, 0.15) is 44.1 Å². The summed E-state index contributed by atoms with van der Waals surface area (Å²) in [6.07, 6.45) is 4.46. The zero-order valence-corrected chi connectivity index (χ0v) is 13.9. The summed E-state index contributed by atoms with van der Waals surface area (Å²) in [5, 5.41) is 3.59. The Balaban J connectivity index is 0.00000176. The van der Waals surface area contributed by atoms with Gasteiger partial charge in [-0.1, -0.05) is 18.2 Å². The Kier molecular flexibility index (Phi) is 5.45. The number of hydrogen-bond acceptors (Lipinski definition) is 2. The Labute approximate surface area is 137 Å². The Bertz CT molecular complexity index is 527. The molecule has 122 valence electrons. The van der Waals surface area contributed by atoms with Gasteiger partial charge in [-0.15, -0.1) is 12.4 Å². The first-order valence-corrected chi connectivity index (χ1v) is 7.83. The molecule has 1 amide bonds. The van der Waals surface area contributed by atoms with Gasteiger partial charge in [0.2, 0.25) is 5.91 Å². The maximum Gasteiger partial charge on any atom is 0.229 e. The summed E-state index contributed by atoms with van der Waals surface area (Å²) in [4.78, 5) is 14.5. The van der Waals surface area contributed by atoms with Crippen molar-refractivity contribution in [2.24, 2.45) is 0 Å². The van der Waals surface area contributed by atoms with Gasteiger partial charge in [-0.2, -0.15) is 0 Å². The summed E-state index contributed by atoms with van der Waals surface area (Å²) in [6, 6.07) is 7.95. The van der Waals surface area contributed by atoms with Crippen molar-refractivity contribution >= 4 is 18.3 Å². The molecule has 2 bridgehead atoms. The molecule has 0 aliphatic carbocycles. The average Bonchev–Trinajstić information content (AvgIpc) is 2.84. The van der Waals surface area contributed by atoms with E-state index in [-0.39, 0.29) is 30.2 Å². The number of nitrogens with one attached hydrogen (secondary N) is 1. The lowest BCUT2D eigenvalue weighted by Gasteiger charge is -2.36. The molecule has 3 rings (SSSR count). The summed E-state index contributed by atoms with van der Waals surface area (Å²) in [5.41, 5.74) is 0.492. The molecule has 1 aromatic rings. The second-order valence-electron chi connectivity index (χ2n) is 6.46. The van der Waals surface area contributed by atoms with E-state index in [1.54, 1.807) is 25.1 Å². The summed E-state index contributed by atoms with van der Waals surface area (Å²) in [6.45, 7) is 1.80. The normalized spacial score (nSPS) is 27.9. The van der Waals surface area contributed by atoms with Crippen LogP contribution in [-0.4, -0.2) is 36.0 Å². The second-order valence-corrected chi connectivity index (χ2v) is 6.46. The van der Waals surface area contributed by atoms with E-state index < -0.39 is 5.92 Å². The summed E-state index contributed by atoms with van der Waals surface area (Å²) in [7, 11) is 1.87. The zero-order chi connectivity index (χ0) is 15.0. The Hall–Kier alpha value is -1.13. The van der Waals surface area contributed by atoms with Crippen molar-refractivity contribution in [2.45, 2.75) is 56.7 Å². The van der Waals surface area contributed by atoms with Gasteiger partial charge in [0.1, 0.15) is 5.82 Å². The van der Waals surface area contributed by atoms with Crippen LogP contribution in [0.3, 0.4) is 0 Å². The SMILES string of the molecule is CC(C(=O)N(C)C1CC2CCC(C1)N2)c1ccccc1F.Cl. The molecule has 1 aromatic carbocycles. The number of benzene rings is 1. The van der Waals surface area contributed by atoms with Crippen LogP contribution in [-0.2, 0) is 4.79 Å². The maximum atomic E-state index is 13.9. The minimum atomic E-state index is -0.427. The Morgan fingerprint density at radius 2 is 1.86 bits per heavy atom. The molecule has 2 aliphatic rings. The second kappa shape index (κ2) is 6.97. The van der Waals surface area contributed by atoms with Crippen LogP contribution < -0.4 is 5.32 Å². The average molecular weight is 327 g/mol. The highest BCUT2D eigenvalue weighted by Gasteiger charge is 2.37. The summed E-state index contributed by atoms with van der Waals surface area (Å²) >= 11 is 0. The number of hydrogen-bond donors (Lipinski definition) is 1. The number of amides is 1. The molecule has 1 N–H and O–H groups in total. The monoisotopic (exact) mass is 326 g/mol. The van der Waals surface area contributed by atoms with E-state index in [9.17, 15) is 9.18 Å². The van der Waals surface area contributed by atoms with Gasteiger partial charge < -0.3 is 10.2 Å². The van der Waals surface area contributed by atoms with Crippen molar-refractivity contribution in [2.75, 3.05) is 7.05 Å². The van der Waals surface area contributed by atoms with Crippen molar-refractivity contribution in [1.29, 1.82) is 0 Å². The van der Waals surface area contributed by atoms with E-state index in [2.05, 4.69) is 5.32 Å². The zero-order valence-electron chi connectivity index (χ0n) is 13.1. The minimum absolute atomic E-state index is 0. The molecule has 0 radical (unpaired) electrons. The van der Waals surface area contributed by atoms with Crippen LogP contribution >= 0.6 is 12.4 Å². The molecule has 22 heavy (non-hydrogen) atoms. The van der Waals surface area contributed by atoms with Gasteiger partial charge >= 0.3 is 0 Å². The van der Waals surface area contributed by atoms with Gasteiger partial charge in [-0.25, -0.2) is 4.39 Å². The Morgan fingerprint density at radius 1 is 1.27 bits per heavy atom. The van der Waals surface area contributed by atoms with Crippen LogP contribution in [0.4, 0.5) is 4.39 Å². The van der Waals surface area contributed by atoms with Crippen molar-refractivity contribution in [1.82, 2.24) is 10.2 Å². The standard InChI is InChI=1S/C17H23FN2O.ClH/c1-11(15-5-3-4-6-16(15)18)17(21)20(2)14-9-12-7-8-13(10-14)19-12;/h3-6,11-14,19H,7-10H2,1-2H3;1H. The van der Waals surface area contributed by atoms with Crippen molar-refractivity contribution in [3.05, 3.63) is 35.6 Å². The molecule has 3 unspecified atom stereocenters. The van der Waals surface area contributed by atoms with Crippen LogP contribution in [0, 0.1) is 5.82 Å². The van der Waals surface area contributed by atoms with Gasteiger partial charge in [-0.05, 0) is 44.2 Å². The smallest absolute Gasteiger partial charge is 0.229 e. The maximum absolute atomic E-state index is 13.9. The van der Waals surface area contributed by atoms with E-state index >= 15 is 0 Å². The third kappa shape index (κ3) is 3.28. The largest absolute Gasteiger partial charge is 0.342 e. The number of halogens is 2. The molecule has 0 spiro atoms. The molecule has 0 saturated carbocycles. The molecule has 0 aromatic heterocycles. The first-order chi connectivity index (χ1) is 10.1. The fraction of sp³-hybridized carbons (Fsp3) is 0.588. The van der Waals surface area contributed by atoms with Gasteiger partial charge in [0.05, 0.1) is 5.92 Å². The first-order valence-electron chi connectivity index (χ1n) is 7.83. The molecular weight excluding hydrogens is 303 g/mol. The third-order valence-corrected chi connectivity index (χ3v) is 5.09. The van der Waals surface area contributed by atoms with E-state index in [0.717, 1.165) is 12.8 Å². The van der Waals surface area contributed by atoms with E-state index in [1.165, 1.54) is 18.9 Å². The van der Waals surface area contributed by atoms with Crippen LogP contribution in [0.15, 0.2) is 24.3 Å². The molecule has 2 heterocycles. The highest BCUT2D eigenvalue weighted by molar-refractivity contribution is 5.85. The predicted molar refractivity (Wildman–Crippen MR) is 87.8 cm³/mol. The van der Waals surface area contributed by atoms with Crippen LogP contribution in [0.5, 0.6) is 0 Å². The molecule has 2 saturated heterocycles. The lowest BCUT2D eigenvalue weighted by Crippen LogP contribution is -2.49. The number of piperidine rings is 1. The van der Waals surface area contributed by atoms with Crippen LogP contribution in [0.25, 0.3) is 0 Å². The molecule has 2 fully saturated rings. The number of nitrogens with zero attached hydrogens (tertiary/aromatic N) is 1. The quantitative estimate of drug-likeness (QED) is 0.925. The van der Waals surface area contributed by atoms with Gasteiger partial charge in [0.15, 0.2) is 0 Å². The topological polar surface area (TPSA) is 32.3 Å². The first kappa shape index (κ1) is 17.2. The molecule has 3 atom stereocenters. The highest BCUT2D eigenvalue weighted by atomic mass is 35.5. The van der Waals surface area contributed by atoms with E-state index in [1.807, 2.05) is 11.9 Å². The predicted octanol–water partition coefficient (Wildman–Crippen LogP) is 3.09. The minimum Gasteiger partial charge on any atom is -0.342 e. The van der Waals surface area contributed by atoms with E-state index in [4.69, 9.17) is 0 Å². The summed E-state index contributed by atoms with van der Waals surface area (Å²) in [5.74, 6) is -0.702. The lowest BCUT2D eigenvalue weighted by atomic mass is 9.95. The number of fused-ring (bicyclic) bond motifs is 2. The van der Waals surface area contributed by atoms with Gasteiger partial charge in [0.25, 0.3) is 0 Å². The van der Waals surface area contributed by atoms with Crippen molar-refractivity contribution in [3.8, 4) is 0 Å². The summed E-state index contributed by atoms with van der Waals surface area (Å²) < 4.78 is 13.9. The van der Waals surface area contributed by atoms with Gasteiger partial charge in [0, 0.05) is 25.2 Å². The molecule has 5 heteroatoms. The van der Waals surface area contributed by atoms with Crippen LogP contribution in [0.2, 0.25) is 0 Å². The lowest BCUT2D eigenvalue weighted by molar-refractivity contribution is -0.134. The molecule has 2 aliphatic heterocycles. The number of carbonyl (C=O) groups is 1. The van der Waals surface area contributed by atoms with Crippen molar-refractivity contribution < 1.29 is 9.18 Å². The van der Waals surface area contributed by atoms with Crippen molar-refractivity contribution in [3.63, 3.8) is 0 Å².